The van der Waals surface area contributed by atoms with Gasteiger partial charge in [0.1, 0.15) is 28.7 Å². The molecule has 2 aromatic carbocycles. The number of nitrogens with zero attached hydrogens (tertiary/aromatic N) is 1. The average Bonchev–Trinajstić information content (AvgIpc) is 3.15. The zero-order valence-electron chi connectivity index (χ0n) is 18.1. The highest BCUT2D eigenvalue weighted by atomic mass is 16.5. The molecule has 4 aromatic rings. The zero-order valence-corrected chi connectivity index (χ0v) is 18.1. The molecule has 0 fully saturated rings. The molecule has 2 amide bonds. The van der Waals surface area contributed by atoms with Gasteiger partial charge < -0.3 is 25.1 Å². The Labute approximate surface area is 190 Å². The Bertz CT molecular complexity index is 1360. The molecule has 0 aliphatic heterocycles. The van der Waals surface area contributed by atoms with Crippen LogP contribution < -0.4 is 20.7 Å². The van der Waals surface area contributed by atoms with E-state index in [1.165, 1.54) is 6.08 Å². The third kappa shape index (κ3) is 4.69. The van der Waals surface area contributed by atoms with Crippen LogP contribution in [0.25, 0.3) is 11.0 Å². The number of pyridine rings is 1. The summed E-state index contributed by atoms with van der Waals surface area (Å²) in [4.78, 5) is 28.1. The Morgan fingerprint density at radius 1 is 1.06 bits per heavy atom. The van der Waals surface area contributed by atoms with Crippen molar-refractivity contribution in [3.8, 4) is 11.5 Å². The molecule has 3 N–H and O–H groups in total. The van der Waals surface area contributed by atoms with Gasteiger partial charge in [-0.25, -0.2) is 4.98 Å². The van der Waals surface area contributed by atoms with Crippen molar-refractivity contribution in [2.24, 2.45) is 0 Å². The number of rotatable bonds is 7. The number of hydrogen-bond donors (Lipinski definition) is 3. The molecular weight excluding hydrogens is 420 g/mol. The fraction of sp³-hybridized carbons (Fsp3) is 0.0800. The number of para-hydroxylation sites is 2. The summed E-state index contributed by atoms with van der Waals surface area (Å²) >= 11 is 0. The first kappa shape index (κ1) is 21.6. The van der Waals surface area contributed by atoms with E-state index >= 15 is 0 Å². The number of amides is 2. The number of benzene rings is 2. The van der Waals surface area contributed by atoms with Gasteiger partial charge in [0.15, 0.2) is 0 Å². The molecule has 0 saturated carbocycles. The minimum atomic E-state index is -0.308. The molecule has 8 heteroatoms. The number of ether oxygens (including phenoxy) is 1. The minimum absolute atomic E-state index is 0.200. The molecular formula is C25H22N4O4. The Balaban J connectivity index is 1.56. The highest BCUT2D eigenvalue weighted by Crippen LogP contribution is 2.32. The van der Waals surface area contributed by atoms with E-state index in [2.05, 4.69) is 27.5 Å². The summed E-state index contributed by atoms with van der Waals surface area (Å²) in [6.45, 7) is 5.22. The quantitative estimate of drug-likeness (QED) is 0.342. The van der Waals surface area contributed by atoms with Gasteiger partial charge in [-0.05, 0) is 43.3 Å². The van der Waals surface area contributed by atoms with E-state index in [1.807, 2.05) is 18.2 Å². The van der Waals surface area contributed by atoms with Gasteiger partial charge >= 0.3 is 0 Å². The second-order valence-electron chi connectivity index (χ2n) is 7.11. The summed E-state index contributed by atoms with van der Waals surface area (Å²) in [5, 5.41) is 9.28. The predicted molar refractivity (Wildman–Crippen MR) is 127 cm³/mol. The number of aromatic nitrogens is 1. The normalized spacial score (nSPS) is 10.5. The second-order valence-corrected chi connectivity index (χ2v) is 7.11. The predicted octanol–water partition coefficient (Wildman–Crippen LogP) is 5.16. The van der Waals surface area contributed by atoms with Crippen LogP contribution in [0.4, 0.5) is 17.2 Å². The first-order valence-electron chi connectivity index (χ1n) is 10.2. The van der Waals surface area contributed by atoms with Crippen LogP contribution in [0.1, 0.15) is 16.1 Å². The molecule has 2 heterocycles. The Hall–Kier alpha value is -4.59. The van der Waals surface area contributed by atoms with Gasteiger partial charge in [0.2, 0.25) is 5.91 Å². The monoisotopic (exact) mass is 442 g/mol. The molecule has 0 atom stereocenters. The molecule has 0 unspecified atom stereocenters. The number of fused-ring (bicyclic) bond motifs is 1. The fourth-order valence-corrected chi connectivity index (χ4v) is 3.37. The van der Waals surface area contributed by atoms with Crippen molar-refractivity contribution in [3.05, 3.63) is 84.8 Å². The number of hydrogen-bond acceptors (Lipinski definition) is 6. The summed E-state index contributed by atoms with van der Waals surface area (Å²) in [6.07, 6.45) is 2.82. The van der Waals surface area contributed by atoms with E-state index < -0.39 is 0 Å². The van der Waals surface area contributed by atoms with Crippen molar-refractivity contribution < 1.29 is 18.7 Å². The van der Waals surface area contributed by atoms with Crippen LogP contribution >= 0.6 is 0 Å². The number of anilines is 3. The minimum Gasteiger partial charge on any atom is -0.460 e. The summed E-state index contributed by atoms with van der Waals surface area (Å²) in [7, 11) is 1.58. The highest BCUT2D eigenvalue weighted by molar-refractivity contribution is 6.07. The van der Waals surface area contributed by atoms with E-state index in [1.54, 1.807) is 56.6 Å². The van der Waals surface area contributed by atoms with Crippen molar-refractivity contribution in [2.75, 3.05) is 17.7 Å². The average molecular weight is 442 g/mol. The molecule has 0 aliphatic rings. The van der Waals surface area contributed by atoms with Crippen molar-refractivity contribution in [1.82, 2.24) is 10.3 Å². The zero-order chi connectivity index (χ0) is 23.4. The molecule has 4 rings (SSSR count). The number of carbonyl (C=O) groups excluding carboxylic acids is 2. The smallest absolute Gasteiger partial charge is 0.255 e. The van der Waals surface area contributed by atoms with Crippen LogP contribution in [-0.4, -0.2) is 23.8 Å². The first-order chi connectivity index (χ1) is 16.0. The SMILES string of the molecule is C=CC(=O)Nc1ccccc1Nc1cc(Oc2ccc3c(C(=O)NC)c(C)oc3c2)ccn1. The van der Waals surface area contributed by atoms with E-state index in [0.29, 0.717) is 45.6 Å². The molecule has 166 valence electrons. The van der Waals surface area contributed by atoms with Crippen LogP contribution in [0, 0.1) is 6.92 Å². The number of carbonyl (C=O) groups is 2. The molecule has 0 aliphatic carbocycles. The van der Waals surface area contributed by atoms with E-state index in [0.717, 1.165) is 5.39 Å². The van der Waals surface area contributed by atoms with Crippen LogP contribution in [-0.2, 0) is 4.79 Å². The van der Waals surface area contributed by atoms with Gasteiger partial charge in [0.05, 0.1) is 16.9 Å². The number of nitrogens with one attached hydrogen (secondary N) is 3. The van der Waals surface area contributed by atoms with Crippen LogP contribution in [0.3, 0.4) is 0 Å². The highest BCUT2D eigenvalue weighted by Gasteiger charge is 2.17. The van der Waals surface area contributed by atoms with Crippen LogP contribution in [0.5, 0.6) is 11.5 Å². The standard InChI is InChI=1S/C25H22N4O4/c1-4-23(30)29-20-8-6-5-7-19(20)28-22-14-17(11-12-27-22)33-16-9-10-18-21(13-16)32-15(2)24(18)25(31)26-3/h4-14H,1H2,2-3H3,(H,26,31)(H,27,28)(H,29,30). The summed E-state index contributed by atoms with van der Waals surface area (Å²) in [5.74, 6) is 1.67. The van der Waals surface area contributed by atoms with Gasteiger partial charge in [0, 0.05) is 30.8 Å². The molecule has 0 saturated heterocycles. The molecule has 33 heavy (non-hydrogen) atoms. The van der Waals surface area contributed by atoms with Crippen molar-refractivity contribution in [2.45, 2.75) is 6.92 Å². The molecule has 0 spiro atoms. The first-order valence-corrected chi connectivity index (χ1v) is 10.2. The second kappa shape index (κ2) is 9.27. The third-order valence-corrected chi connectivity index (χ3v) is 4.89. The topological polar surface area (TPSA) is 105 Å². The maximum absolute atomic E-state index is 12.1. The Kier molecular flexibility index (Phi) is 6.08. The van der Waals surface area contributed by atoms with Crippen molar-refractivity contribution >= 4 is 40.0 Å². The lowest BCUT2D eigenvalue weighted by molar-refractivity contribution is -0.111. The van der Waals surface area contributed by atoms with Crippen molar-refractivity contribution in [3.63, 3.8) is 0 Å². The van der Waals surface area contributed by atoms with Crippen molar-refractivity contribution in [1.29, 1.82) is 0 Å². The lowest BCUT2D eigenvalue weighted by Gasteiger charge is -2.12. The van der Waals surface area contributed by atoms with Gasteiger partial charge in [-0.3, -0.25) is 9.59 Å². The lowest BCUT2D eigenvalue weighted by Crippen LogP contribution is -2.18. The summed E-state index contributed by atoms with van der Waals surface area (Å²) in [5.41, 5.74) is 2.34. The Morgan fingerprint density at radius 3 is 2.58 bits per heavy atom. The maximum atomic E-state index is 12.1. The summed E-state index contributed by atoms with van der Waals surface area (Å²) in [6, 6.07) is 16.0. The fourth-order valence-electron chi connectivity index (χ4n) is 3.37. The number of aryl methyl sites for hydroxylation is 1. The van der Waals surface area contributed by atoms with Gasteiger partial charge in [-0.1, -0.05) is 18.7 Å². The Morgan fingerprint density at radius 2 is 1.82 bits per heavy atom. The molecule has 0 radical (unpaired) electrons. The summed E-state index contributed by atoms with van der Waals surface area (Å²) < 4.78 is 11.7. The van der Waals surface area contributed by atoms with E-state index in [-0.39, 0.29) is 11.8 Å². The maximum Gasteiger partial charge on any atom is 0.255 e. The largest absolute Gasteiger partial charge is 0.460 e. The van der Waals surface area contributed by atoms with Gasteiger partial charge in [0.25, 0.3) is 5.91 Å². The third-order valence-electron chi connectivity index (χ3n) is 4.89. The van der Waals surface area contributed by atoms with Crippen LogP contribution in [0.2, 0.25) is 0 Å². The molecule has 8 nitrogen and oxygen atoms in total. The van der Waals surface area contributed by atoms with E-state index in [4.69, 9.17) is 9.15 Å². The van der Waals surface area contributed by atoms with E-state index in [9.17, 15) is 9.59 Å². The number of furan rings is 1. The molecule has 2 aromatic heterocycles. The lowest BCUT2D eigenvalue weighted by atomic mass is 10.1. The van der Waals surface area contributed by atoms with Gasteiger partial charge in [-0.15, -0.1) is 0 Å². The van der Waals surface area contributed by atoms with Gasteiger partial charge in [-0.2, -0.15) is 0 Å². The molecule has 0 bridgehead atoms. The van der Waals surface area contributed by atoms with Crippen LogP contribution in [0.15, 0.2) is 77.9 Å².